The van der Waals surface area contributed by atoms with Crippen molar-refractivity contribution in [2.24, 2.45) is 20.5 Å². The molecule has 6 rings (SSSR count). The maximum absolute atomic E-state index is 11.7. The van der Waals surface area contributed by atoms with E-state index in [0.717, 1.165) is 56.4 Å². The molecule has 0 aliphatic rings. The summed E-state index contributed by atoms with van der Waals surface area (Å²) >= 11 is 1.40. The second kappa shape index (κ2) is 15.3. The minimum absolute atomic E-state index is 0.149. The molecule has 0 saturated carbocycles. The quantitative estimate of drug-likeness (QED) is 0.0645. The van der Waals surface area contributed by atoms with Crippen LogP contribution in [-0.4, -0.2) is 23.6 Å². The summed E-state index contributed by atoms with van der Waals surface area (Å²) in [5.41, 5.74) is 11.8. The molecule has 10 nitrogen and oxygen atoms in total. The number of aromatic nitrogens is 1. The normalized spacial score (nSPS) is 12.1. The van der Waals surface area contributed by atoms with Crippen molar-refractivity contribution in [3.63, 3.8) is 0 Å². The molecule has 1 heterocycles. The number of ether oxygens (including phenoxy) is 1. The number of esters is 1. The smallest absolute Gasteiger partial charge is 0.311 e. The predicted octanol–water partition coefficient (Wildman–Crippen LogP) is 11.0. The number of thiazole rings is 1. The fraction of sp³-hybridized carbons (Fsp3) is 0.189. The lowest BCUT2D eigenvalue weighted by Crippen LogP contribution is -2.13. The molecular weight excluding hydrogens is 621 g/mol. The zero-order chi connectivity index (χ0) is 33.3. The van der Waals surface area contributed by atoms with Gasteiger partial charge in [-0.05, 0) is 68.8 Å². The number of hydrogen-bond donors (Lipinski definition) is 3. The Hall–Kier alpha value is -5.68. The van der Waals surface area contributed by atoms with Gasteiger partial charge in [-0.2, -0.15) is 5.11 Å². The fourth-order valence-electron chi connectivity index (χ4n) is 5.07. The van der Waals surface area contributed by atoms with Crippen molar-refractivity contribution < 1.29 is 9.53 Å². The van der Waals surface area contributed by atoms with Crippen LogP contribution in [0.2, 0.25) is 0 Å². The van der Waals surface area contributed by atoms with Crippen LogP contribution in [0.15, 0.2) is 123 Å². The van der Waals surface area contributed by atoms with Crippen LogP contribution in [-0.2, 0) is 16.0 Å². The van der Waals surface area contributed by atoms with E-state index in [4.69, 9.17) is 9.85 Å². The zero-order valence-electron chi connectivity index (χ0n) is 27.0. The van der Waals surface area contributed by atoms with Gasteiger partial charge in [-0.25, -0.2) is 4.98 Å². The molecule has 0 amide bonds. The molecule has 11 heteroatoms. The molecular formula is C37H36N8O2S. The number of azo groups is 2. The van der Waals surface area contributed by atoms with Crippen molar-refractivity contribution in [2.75, 3.05) is 22.8 Å². The van der Waals surface area contributed by atoms with Gasteiger partial charge in [0.1, 0.15) is 0 Å². The number of anilines is 3. The third kappa shape index (κ3) is 7.81. The van der Waals surface area contributed by atoms with E-state index in [-0.39, 0.29) is 12.4 Å². The first-order chi connectivity index (χ1) is 23.5. The Morgan fingerprint density at radius 1 is 0.750 bits per heavy atom. The lowest BCUT2D eigenvalue weighted by atomic mass is 10.1. The summed E-state index contributed by atoms with van der Waals surface area (Å²) in [5.74, 6) is -0.290. The molecule has 6 aromatic rings. The minimum Gasteiger partial charge on any atom is -0.466 e. The summed E-state index contributed by atoms with van der Waals surface area (Å²) in [6.07, 6.45) is 1.19. The predicted molar refractivity (Wildman–Crippen MR) is 196 cm³/mol. The second-order valence-electron chi connectivity index (χ2n) is 11.1. The van der Waals surface area contributed by atoms with Crippen LogP contribution in [0, 0.1) is 0 Å². The van der Waals surface area contributed by atoms with Crippen molar-refractivity contribution >= 4 is 78.1 Å². The molecule has 5 aromatic carbocycles. The van der Waals surface area contributed by atoms with Gasteiger partial charge in [-0.1, -0.05) is 55.5 Å². The molecule has 1 unspecified atom stereocenters. The van der Waals surface area contributed by atoms with Crippen LogP contribution in [0.1, 0.15) is 32.9 Å². The molecule has 1 aromatic heterocycles. The van der Waals surface area contributed by atoms with Gasteiger partial charge in [-0.3, -0.25) is 15.6 Å². The summed E-state index contributed by atoms with van der Waals surface area (Å²) in [6, 6.07) is 32.1. The molecule has 0 radical (unpaired) electrons. The Bertz CT molecular complexity index is 2090. The number of fused-ring (bicyclic) bond motifs is 2. The van der Waals surface area contributed by atoms with Gasteiger partial charge in [-0.15, -0.1) is 26.7 Å². The Balaban J connectivity index is 1.14. The van der Waals surface area contributed by atoms with E-state index in [1.165, 1.54) is 11.3 Å². The molecule has 0 saturated heterocycles. The van der Waals surface area contributed by atoms with Crippen LogP contribution in [0.4, 0.5) is 39.3 Å². The van der Waals surface area contributed by atoms with Crippen LogP contribution < -0.4 is 16.2 Å². The molecule has 242 valence electrons. The van der Waals surface area contributed by atoms with Gasteiger partial charge >= 0.3 is 5.97 Å². The third-order valence-corrected chi connectivity index (χ3v) is 8.50. The summed E-state index contributed by atoms with van der Waals surface area (Å²) < 4.78 is 4.98. The highest BCUT2D eigenvalue weighted by Gasteiger charge is 2.10. The van der Waals surface area contributed by atoms with E-state index < -0.39 is 0 Å². The highest BCUT2D eigenvalue weighted by Crippen LogP contribution is 2.37. The number of rotatable bonds is 13. The molecule has 0 bridgehead atoms. The first-order valence-corrected chi connectivity index (χ1v) is 16.7. The van der Waals surface area contributed by atoms with Crippen LogP contribution in [0.3, 0.4) is 0 Å². The van der Waals surface area contributed by atoms with Crippen LogP contribution in [0.5, 0.6) is 0 Å². The first kappa shape index (κ1) is 32.3. The standard InChI is InChI=1S/C37H36N8O2S/c1-4-24(3)38-32-18-19-34(29-11-7-6-10-28(29)32)43-44-35-21-20-33(30-12-8-9-13-31(30)35)42-40-25-14-16-26(17-15-25)41-45-37-39-27(23-48-37)22-36(46)47-5-2/h6-21,23-24,38,41H,4-5,22H2,1-3H3,(H,39,45)/b42-40+,44-43+. The van der Waals surface area contributed by atoms with Crippen LogP contribution in [0.25, 0.3) is 21.5 Å². The number of carbonyl (C=O) groups excluding carboxylic acids is 1. The Morgan fingerprint density at radius 2 is 1.33 bits per heavy atom. The summed E-state index contributed by atoms with van der Waals surface area (Å²) in [4.78, 5) is 16.1. The van der Waals surface area contributed by atoms with E-state index in [1.54, 1.807) is 6.92 Å². The Labute approximate surface area is 283 Å². The minimum atomic E-state index is -0.290. The first-order valence-electron chi connectivity index (χ1n) is 15.9. The van der Waals surface area contributed by atoms with Gasteiger partial charge < -0.3 is 10.1 Å². The topological polar surface area (TPSA) is 125 Å². The Morgan fingerprint density at radius 3 is 1.96 bits per heavy atom. The fourth-order valence-corrected chi connectivity index (χ4v) is 5.73. The lowest BCUT2D eigenvalue weighted by Gasteiger charge is -2.15. The Kier molecular flexibility index (Phi) is 10.3. The molecule has 3 N–H and O–H groups in total. The largest absolute Gasteiger partial charge is 0.466 e. The number of hydrazine groups is 1. The highest BCUT2D eigenvalue weighted by atomic mass is 32.1. The average molecular weight is 657 g/mol. The van der Waals surface area contributed by atoms with E-state index in [9.17, 15) is 4.79 Å². The molecule has 0 fully saturated rings. The zero-order valence-corrected chi connectivity index (χ0v) is 27.8. The monoisotopic (exact) mass is 656 g/mol. The van der Waals surface area contributed by atoms with Crippen molar-refractivity contribution in [2.45, 2.75) is 39.7 Å². The average Bonchev–Trinajstić information content (AvgIpc) is 3.57. The summed E-state index contributed by atoms with van der Waals surface area (Å²) in [5, 5.41) is 28.6. The number of nitrogens with one attached hydrogen (secondary N) is 3. The summed E-state index contributed by atoms with van der Waals surface area (Å²) in [7, 11) is 0. The second-order valence-corrected chi connectivity index (χ2v) is 12.0. The number of benzene rings is 5. The van der Waals surface area contributed by atoms with E-state index in [0.29, 0.717) is 29.2 Å². The maximum atomic E-state index is 11.7. The number of nitrogens with zero attached hydrogens (tertiary/aromatic N) is 5. The molecule has 0 spiro atoms. The molecule has 0 aliphatic carbocycles. The lowest BCUT2D eigenvalue weighted by molar-refractivity contribution is -0.142. The summed E-state index contributed by atoms with van der Waals surface area (Å²) in [6.45, 7) is 6.49. The maximum Gasteiger partial charge on any atom is 0.311 e. The van der Waals surface area contributed by atoms with Crippen molar-refractivity contribution in [1.82, 2.24) is 4.98 Å². The van der Waals surface area contributed by atoms with Gasteiger partial charge in [0.25, 0.3) is 0 Å². The van der Waals surface area contributed by atoms with Crippen molar-refractivity contribution in [3.05, 3.63) is 108 Å². The van der Waals surface area contributed by atoms with Crippen molar-refractivity contribution in [1.29, 1.82) is 0 Å². The number of carbonyl (C=O) groups is 1. The third-order valence-electron chi connectivity index (χ3n) is 7.70. The molecule has 0 aliphatic heterocycles. The SMILES string of the molecule is CCOC(=O)Cc1csc(NNc2ccc(/N=N/c3ccc(/N=N/c4ccc(NC(C)CC)c5ccccc45)c4ccccc34)cc2)n1. The highest BCUT2D eigenvalue weighted by molar-refractivity contribution is 7.13. The van der Waals surface area contributed by atoms with E-state index in [2.05, 4.69) is 68.5 Å². The molecule has 1 atom stereocenters. The van der Waals surface area contributed by atoms with Crippen LogP contribution >= 0.6 is 11.3 Å². The molecule has 48 heavy (non-hydrogen) atoms. The van der Waals surface area contributed by atoms with E-state index in [1.807, 2.05) is 84.2 Å². The van der Waals surface area contributed by atoms with Gasteiger partial charge in [0.2, 0.25) is 5.13 Å². The van der Waals surface area contributed by atoms with Crippen molar-refractivity contribution in [3.8, 4) is 0 Å². The van der Waals surface area contributed by atoms with Gasteiger partial charge in [0, 0.05) is 38.7 Å². The van der Waals surface area contributed by atoms with Gasteiger partial charge in [0.05, 0.1) is 47.2 Å². The number of hydrogen-bond acceptors (Lipinski definition) is 11. The van der Waals surface area contributed by atoms with Gasteiger partial charge in [0.15, 0.2) is 0 Å². The van der Waals surface area contributed by atoms with E-state index >= 15 is 0 Å².